The molecule has 88 valence electrons. The Labute approximate surface area is 92.4 Å². The van der Waals surface area contributed by atoms with Gasteiger partial charge in [0.05, 0.1) is 0 Å². The first-order chi connectivity index (χ1) is 7.29. The molecule has 1 aliphatic carbocycles. The molecule has 0 spiro atoms. The van der Waals surface area contributed by atoms with Gasteiger partial charge >= 0.3 is 0 Å². The number of hydrogen-bond donors (Lipinski definition) is 0. The maximum atomic E-state index is 13.3. The van der Waals surface area contributed by atoms with Gasteiger partial charge in [-0.15, -0.1) is 0 Å². The summed E-state index contributed by atoms with van der Waals surface area (Å²) >= 11 is 0. The average molecular weight is 214 g/mol. The van der Waals surface area contributed by atoms with Gasteiger partial charge in [-0.3, -0.25) is 4.79 Å². The van der Waals surface area contributed by atoms with Gasteiger partial charge in [-0.25, -0.2) is 4.39 Å². The third kappa shape index (κ3) is 6.64. The summed E-state index contributed by atoms with van der Waals surface area (Å²) in [5.74, 6) is 0.127. The van der Waals surface area contributed by atoms with Gasteiger partial charge in [0, 0.05) is 12.8 Å². The quantitative estimate of drug-likeness (QED) is 0.590. The van der Waals surface area contributed by atoms with E-state index in [1.54, 1.807) is 0 Å². The number of ketones is 1. The van der Waals surface area contributed by atoms with Crippen molar-refractivity contribution in [3.05, 3.63) is 0 Å². The Morgan fingerprint density at radius 1 is 0.867 bits per heavy atom. The molecule has 1 atom stereocenters. The fraction of sp³-hybridized carbons (Fsp3) is 0.923. The molecule has 1 rings (SSSR count). The normalized spacial score (nSPS) is 27.5. The van der Waals surface area contributed by atoms with Crippen molar-refractivity contribution in [3.8, 4) is 0 Å². The summed E-state index contributed by atoms with van der Waals surface area (Å²) < 4.78 is 13.3. The molecule has 0 bridgehead atoms. The lowest BCUT2D eigenvalue weighted by molar-refractivity contribution is -0.120. The van der Waals surface area contributed by atoms with E-state index < -0.39 is 6.17 Å². The van der Waals surface area contributed by atoms with Gasteiger partial charge in [0.25, 0.3) is 0 Å². The molecule has 15 heavy (non-hydrogen) atoms. The third-order valence-corrected chi connectivity index (χ3v) is 3.17. The van der Waals surface area contributed by atoms with Gasteiger partial charge < -0.3 is 0 Å². The minimum atomic E-state index is -0.877. The molecule has 0 aromatic carbocycles. The molecular weight excluding hydrogens is 191 g/mol. The highest BCUT2D eigenvalue weighted by molar-refractivity contribution is 5.78. The molecule has 1 saturated carbocycles. The minimum Gasteiger partial charge on any atom is -0.300 e. The lowest BCUT2D eigenvalue weighted by Crippen LogP contribution is -2.08. The summed E-state index contributed by atoms with van der Waals surface area (Å²) in [6, 6.07) is 0. The van der Waals surface area contributed by atoms with Crippen molar-refractivity contribution in [2.24, 2.45) is 0 Å². The second-order valence-corrected chi connectivity index (χ2v) is 4.71. The van der Waals surface area contributed by atoms with Gasteiger partial charge in [-0.1, -0.05) is 44.9 Å². The molecule has 1 fully saturated rings. The molecule has 0 heterocycles. The Hall–Kier alpha value is -0.400. The molecule has 0 aromatic heterocycles. The summed E-state index contributed by atoms with van der Waals surface area (Å²) in [4.78, 5) is 11.4. The molecule has 2 heteroatoms. The van der Waals surface area contributed by atoms with E-state index in [2.05, 4.69) is 0 Å². The van der Waals surface area contributed by atoms with E-state index in [-0.39, 0.29) is 12.2 Å². The van der Waals surface area contributed by atoms with Crippen LogP contribution in [0.1, 0.15) is 70.6 Å². The molecule has 0 saturated heterocycles. The Balaban J connectivity index is 2.26. The highest BCUT2D eigenvalue weighted by Crippen LogP contribution is 2.16. The first-order valence-corrected chi connectivity index (χ1v) is 6.45. The van der Waals surface area contributed by atoms with E-state index in [0.29, 0.717) is 12.8 Å². The van der Waals surface area contributed by atoms with Gasteiger partial charge in [-0.05, 0) is 12.8 Å². The van der Waals surface area contributed by atoms with Crippen molar-refractivity contribution in [1.29, 1.82) is 0 Å². The molecule has 0 radical (unpaired) electrons. The van der Waals surface area contributed by atoms with Crippen LogP contribution in [0, 0.1) is 0 Å². The van der Waals surface area contributed by atoms with Crippen LogP contribution in [0.4, 0.5) is 4.39 Å². The summed E-state index contributed by atoms with van der Waals surface area (Å²) in [6.45, 7) is 0. The molecule has 0 amide bonds. The zero-order chi connectivity index (χ0) is 10.9. The zero-order valence-electron chi connectivity index (χ0n) is 9.64. The molecule has 1 aliphatic rings. The predicted octanol–water partition coefficient (Wildman–Crippen LogP) is 4.20. The highest BCUT2D eigenvalue weighted by atomic mass is 19.1. The number of Topliss-reactive ketones (excluding diaryl/α,β-unsaturated/α-hetero) is 1. The Morgan fingerprint density at radius 3 is 2.07 bits per heavy atom. The van der Waals surface area contributed by atoms with E-state index in [0.717, 1.165) is 25.7 Å². The Morgan fingerprint density at radius 2 is 1.40 bits per heavy atom. The topological polar surface area (TPSA) is 17.1 Å². The molecule has 0 N–H and O–H groups in total. The zero-order valence-corrected chi connectivity index (χ0v) is 9.64. The van der Waals surface area contributed by atoms with E-state index in [1.165, 1.54) is 25.7 Å². The standard InChI is InChI=1S/C13H23FO/c14-12-9-7-5-3-1-2-4-6-8-10-13(15)11-12/h12H,1-11H2. The van der Waals surface area contributed by atoms with Crippen molar-refractivity contribution in [1.82, 2.24) is 0 Å². The van der Waals surface area contributed by atoms with Crippen LogP contribution >= 0.6 is 0 Å². The van der Waals surface area contributed by atoms with Crippen molar-refractivity contribution in [2.45, 2.75) is 76.8 Å². The van der Waals surface area contributed by atoms with E-state index in [1.807, 2.05) is 0 Å². The first kappa shape index (κ1) is 12.7. The molecule has 0 aromatic rings. The molecule has 1 nitrogen and oxygen atoms in total. The number of hydrogen-bond acceptors (Lipinski definition) is 1. The number of alkyl halides is 1. The van der Waals surface area contributed by atoms with E-state index in [9.17, 15) is 9.18 Å². The van der Waals surface area contributed by atoms with Gasteiger partial charge in [0.1, 0.15) is 12.0 Å². The third-order valence-electron chi connectivity index (χ3n) is 3.17. The molecule has 0 aliphatic heterocycles. The van der Waals surface area contributed by atoms with Gasteiger partial charge in [0.2, 0.25) is 0 Å². The van der Waals surface area contributed by atoms with Crippen LogP contribution in [-0.2, 0) is 4.79 Å². The average Bonchev–Trinajstić information content (AvgIpc) is 2.21. The van der Waals surface area contributed by atoms with Crippen molar-refractivity contribution in [3.63, 3.8) is 0 Å². The Kier molecular flexibility index (Phi) is 6.62. The first-order valence-electron chi connectivity index (χ1n) is 6.45. The summed E-state index contributed by atoms with van der Waals surface area (Å²) in [5, 5.41) is 0. The highest BCUT2D eigenvalue weighted by Gasteiger charge is 2.12. The molecule has 1 unspecified atom stereocenters. The number of halogens is 1. The number of carbonyl (C=O) groups excluding carboxylic acids is 1. The van der Waals surface area contributed by atoms with Crippen LogP contribution < -0.4 is 0 Å². The van der Waals surface area contributed by atoms with Crippen LogP contribution in [0.3, 0.4) is 0 Å². The fourth-order valence-electron chi connectivity index (χ4n) is 2.20. The van der Waals surface area contributed by atoms with Crippen LogP contribution in [0.5, 0.6) is 0 Å². The second-order valence-electron chi connectivity index (χ2n) is 4.71. The van der Waals surface area contributed by atoms with Crippen molar-refractivity contribution < 1.29 is 9.18 Å². The number of carbonyl (C=O) groups is 1. The van der Waals surface area contributed by atoms with Gasteiger partial charge in [-0.2, -0.15) is 0 Å². The number of rotatable bonds is 0. The van der Waals surface area contributed by atoms with E-state index >= 15 is 0 Å². The summed E-state index contributed by atoms with van der Waals surface area (Å²) in [7, 11) is 0. The second kappa shape index (κ2) is 7.84. The van der Waals surface area contributed by atoms with Crippen LogP contribution in [0.15, 0.2) is 0 Å². The molecular formula is C13H23FO. The predicted molar refractivity (Wildman–Crippen MR) is 60.7 cm³/mol. The smallest absolute Gasteiger partial charge is 0.135 e. The monoisotopic (exact) mass is 214 g/mol. The van der Waals surface area contributed by atoms with Crippen molar-refractivity contribution in [2.75, 3.05) is 0 Å². The Bertz CT molecular complexity index is 179. The van der Waals surface area contributed by atoms with Crippen LogP contribution in [0.2, 0.25) is 0 Å². The van der Waals surface area contributed by atoms with Crippen LogP contribution in [0.25, 0.3) is 0 Å². The SMILES string of the molecule is O=C1CCCCCCCCCCC(F)C1. The van der Waals surface area contributed by atoms with Crippen LogP contribution in [-0.4, -0.2) is 12.0 Å². The largest absolute Gasteiger partial charge is 0.300 e. The van der Waals surface area contributed by atoms with E-state index in [4.69, 9.17) is 0 Å². The maximum Gasteiger partial charge on any atom is 0.135 e. The maximum absolute atomic E-state index is 13.3. The minimum absolute atomic E-state index is 0.127. The van der Waals surface area contributed by atoms with Crippen molar-refractivity contribution >= 4 is 5.78 Å². The fourth-order valence-corrected chi connectivity index (χ4v) is 2.20. The lowest BCUT2D eigenvalue weighted by Gasteiger charge is -2.06. The summed E-state index contributed by atoms with van der Waals surface area (Å²) in [6.07, 6.45) is 9.72. The van der Waals surface area contributed by atoms with Gasteiger partial charge in [0.15, 0.2) is 0 Å². The summed E-state index contributed by atoms with van der Waals surface area (Å²) in [5.41, 5.74) is 0. The lowest BCUT2D eigenvalue weighted by atomic mass is 10.0.